The van der Waals surface area contributed by atoms with Crippen LogP contribution in [0.2, 0.25) is 0 Å². The van der Waals surface area contributed by atoms with Crippen LogP contribution in [-0.2, 0) is 0 Å². The average Bonchev–Trinajstić information content (AvgIpc) is 3.85. The number of thiophene rings is 1. The van der Waals surface area contributed by atoms with Crippen molar-refractivity contribution in [1.29, 1.82) is 5.26 Å². The standard InChI is InChI=1S/C52H31N5S/c53-32-33-12-10-15-38(30-33)51-54-50(36-26-24-35(25-27-36)39-19-11-20-43-42-18-6-9-23-48(42)58-49(39)43)55-52(56-51)44-29-28-37(34-13-2-1-3-14-34)31-47(44)57-45-21-7-4-16-40(45)41-17-5-8-22-46(41)57/h1-31H. The second kappa shape index (κ2) is 13.8. The largest absolute Gasteiger partial charge is 0.308 e. The molecule has 5 nitrogen and oxygen atoms in total. The summed E-state index contributed by atoms with van der Waals surface area (Å²) < 4.78 is 4.88. The molecule has 0 spiro atoms. The van der Waals surface area contributed by atoms with Crippen molar-refractivity contribution < 1.29 is 0 Å². The molecule has 11 aromatic rings. The van der Waals surface area contributed by atoms with Crippen LogP contribution < -0.4 is 0 Å². The first kappa shape index (κ1) is 33.6. The number of nitriles is 1. The van der Waals surface area contributed by atoms with Gasteiger partial charge >= 0.3 is 0 Å². The molecule has 0 saturated heterocycles. The lowest BCUT2D eigenvalue weighted by molar-refractivity contribution is 1.06. The summed E-state index contributed by atoms with van der Waals surface area (Å²) in [5.41, 5.74) is 10.7. The van der Waals surface area contributed by atoms with E-state index in [0.717, 1.165) is 50.1 Å². The van der Waals surface area contributed by atoms with Gasteiger partial charge in [-0.05, 0) is 64.7 Å². The third-order valence-corrected chi connectivity index (χ3v) is 12.1. The molecule has 0 aliphatic carbocycles. The minimum atomic E-state index is 0.497. The maximum absolute atomic E-state index is 9.83. The summed E-state index contributed by atoms with van der Waals surface area (Å²) in [5.74, 6) is 1.59. The summed E-state index contributed by atoms with van der Waals surface area (Å²) in [7, 11) is 0. The Hall–Kier alpha value is -7.72. The van der Waals surface area contributed by atoms with Crippen molar-refractivity contribution in [2.45, 2.75) is 0 Å². The van der Waals surface area contributed by atoms with Gasteiger partial charge in [0.15, 0.2) is 17.5 Å². The van der Waals surface area contributed by atoms with E-state index >= 15 is 0 Å². The Bertz CT molecular complexity index is 3360. The maximum Gasteiger partial charge on any atom is 0.166 e. The van der Waals surface area contributed by atoms with E-state index in [1.807, 2.05) is 35.6 Å². The Balaban J connectivity index is 1.12. The van der Waals surface area contributed by atoms with E-state index in [4.69, 9.17) is 15.0 Å². The fourth-order valence-electron chi connectivity index (χ4n) is 8.15. The number of nitrogens with zero attached hydrogens (tertiary/aromatic N) is 5. The Morgan fingerprint density at radius 1 is 0.414 bits per heavy atom. The van der Waals surface area contributed by atoms with E-state index in [1.165, 1.54) is 36.5 Å². The highest BCUT2D eigenvalue weighted by molar-refractivity contribution is 7.26. The molecule has 0 saturated carbocycles. The topological polar surface area (TPSA) is 67.4 Å². The number of aromatic nitrogens is 4. The summed E-state index contributed by atoms with van der Waals surface area (Å²) in [6.45, 7) is 0. The SMILES string of the molecule is N#Cc1cccc(-c2nc(-c3ccc(-c4cccc5c4sc4ccccc45)cc3)nc(-c3ccc(-c4ccccc4)cc3-n3c4ccccc4c4ccccc43)n2)c1. The van der Waals surface area contributed by atoms with Crippen molar-refractivity contribution >= 4 is 53.3 Å². The molecule has 3 aromatic heterocycles. The first-order chi connectivity index (χ1) is 28.7. The van der Waals surface area contributed by atoms with Gasteiger partial charge in [-0.3, -0.25) is 0 Å². The van der Waals surface area contributed by atoms with Crippen LogP contribution in [0.25, 0.3) is 104 Å². The van der Waals surface area contributed by atoms with Crippen molar-refractivity contribution in [2.24, 2.45) is 0 Å². The van der Waals surface area contributed by atoms with Crippen molar-refractivity contribution in [3.63, 3.8) is 0 Å². The van der Waals surface area contributed by atoms with Gasteiger partial charge in [-0.25, -0.2) is 15.0 Å². The number of benzene rings is 8. The molecule has 8 aromatic carbocycles. The van der Waals surface area contributed by atoms with E-state index in [-0.39, 0.29) is 0 Å². The van der Waals surface area contributed by atoms with Crippen LogP contribution in [0.5, 0.6) is 0 Å². The predicted octanol–water partition coefficient (Wildman–Crippen LogP) is 13.5. The van der Waals surface area contributed by atoms with Crippen LogP contribution in [0.4, 0.5) is 0 Å². The molecular formula is C52H31N5S. The monoisotopic (exact) mass is 757 g/mol. The first-order valence-corrected chi connectivity index (χ1v) is 20.0. The normalized spacial score (nSPS) is 11.4. The molecule has 0 atom stereocenters. The summed E-state index contributed by atoms with van der Waals surface area (Å²) in [5, 5.41) is 14.7. The lowest BCUT2D eigenvalue weighted by Gasteiger charge is -2.16. The van der Waals surface area contributed by atoms with Gasteiger partial charge in [0.25, 0.3) is 0 Å². The number of hydrogen-bond donors (Lipinski definition) is 0. The van der Waals surface area contributed by atoms with E-state index in [2.05, 4.69) is 168 Å². The molecule has 270 valence electrons. The molecule has 0 bridgehead atoms. The van der Waals surface area contributed by atoms with Crippen molar-refractivity contribution in [3.05, 3.63) is 194 Å². The van der Waals surface area contributed by atoms with Crippen molar-refractivity contribution in [1.82, 2.24) is 19.5 Å². The lowest BCUT2D eigenvalue weighted by Crippen LogP contribution is -2.04. The fourth-order valence-corrected chi connectivity index (χ4v) is 9.39. The molecule has 3 heterocycles. The van der Waals surface area contributed by atoms with Crippen LogP contribution in [0, 0.1) is 11.3 Å². The molecule has 0 aliphatic rings. The Morgan fingerprint density at radius 3 is 1.76 bits per heavy atom. The summed E-state index contributed by atoms with van der Waals surface area (Å²) >= 11 is 1.83. The van der Waals surface area contributed by atoms with Crippen LogP contribution in [0.3, 0.4) is 0 Å². The van der Waals surface area contributed by atoms with E-state index in [9.17, 15) is 5.26 Å². The zero-order valence-electron chi connectivity index (χ0n) is 31.0. The zero-order chi connectivity index (χ0) is 38.6. The predicted molar refractivity (Wildman–Crippen MR) is 239 cm³/mol. The van der Waals surface area contributed by atoms with Gasteiger partial charge in [0.05, 0.1) is 28.4 Å². The van der Waals surface area contributed by atoms with Gasteiger partial charge in [-0.2, -0.15) is 5.26 Å². The second-order valence-corrected chi connectivity index (χ2v) is 15.4. The van der Waals surface area contributed by atoms with Gasteiger partial charge in [-0.1, -0.05) is 146 Å². The summed E-state index contributed by atoms with van der Waals surface area (Å²) in [6.07, 6.45) is 0. The smallest absolute Gasteiger partial charge is 0.166 e. The van der Waals surface area contributed by atoms with Crippen LogP contribution in [-0.4, -0.2) is 19.5 Å². The summed E-state index contributed by atoms with van der Waals surface area (Å²) in [4.78, 5) is 15.5. The molecule has 0 aliphatic heterocycles. The molecular weight excluding hydrogens is 727 g/mol. The first-order valence-electron chi connectivity index (χ1n) is 19.2. The highest BCUT2D eigenvalue weighted by Gasteiger charge is 2.21. The van der Waals surface area contributed by atoms with Gasteiger partial charge in [0.2, 0.25) is 0 Å². The van der Waals surface area contributed by atoms with Crippen LogP contribution in [0.15, 0.2) is 188 Å². The number of para-hydroxylation sites is 2. The zero-order valence-corrected chi connectivity index (χ0v) is 31.9. The molecule has 0 amide bonds. The van der Waals surface area contributed by atoms with Crippen LogP contribution >= 0.6 is 11.3 Å². The van der Waals surface area contributed by atoms with E-state index in [1.54, 1.807) is 6.07 Å². The Kier molecular flexibility index (Phi) is 7.99. The number of hydrogen-bond acceptors (Lipinski definition) is 5. The van der Waals surface area contributed by atoms with Gasteiger partial charge in [0.1, 0.15) is 0 Å². The minimum absolute atomic E-state index is 0.497. The highest BCUT2D eigenvalue weighted by atomic mass is 32.1. The highest BCUT2D eigenvalue weighted by Crippen LogP contribution is 2.41. The van der Waals surface area contributed by atoms with E-state index < -0.39 is 0 Å². The van der Waals surface area contributed by atoms with Gasteiger partial charge in [0, 0.05) is 47.6 Å². The Morgan fingerprint density at radius 2 is 1.00 bits per heavy atom. The maximum atomic E-state index is 9.83. The van der Waals surface area contributed by atoms with Gasteiger partial charge < -0.3 is 4.57 Å². The molecule has 0 fully saturated rings. The number of fused-ring (bicyclic) bond motifs is 6. The van der Waals surface area contributed by atoms with Crippen molar-refractivity contribution in [3.8, 4) is 68.2 Å². The molecule has 11 rings (SSSR count). The molecule has 0 N–H and O–H groups in total. The Labute approximate surface area is 338 Å². The third kappa shape index (κ3) is 5.64. The quantitative estimate of drug-likeness (QED) is 0.169. The van der Waals surface area contributed by atoms with Gasteiger partial charge in [-0.15, -0.1) is 11.3 Å². The van der Waals surface area contributed by atoms with Crippen molar-refractivity contribution in [2.75, 3.05) is 0 Å². The molecule has 6 heteroatoms. The fraction of sp³-hybridized carbons (Fsp3) is 0. The van der Waals surface area contributed by atoms with E-state index in [0.29, 0.717) is 23.0 Å². The molecule has 58 heavy (non-hydrogen) atoms. The summed E-state index contributed by atoms with van der Waals surface area (Å²) in [6, 6.07) is 67.4. The minimum Gasteiger partial charge on any atom is -0.308 e. The molecule has 0 radical (unpaired) electrons. The lowest BCUT2D eigenvalue weighted by atomic mass is 10.0. The third-order valence-electron chi connectivity index (χ3n) is 10.9. The second-order valence-electron chi connectivity index (χ2n) is 14.3. The number of rotatable bonds is 6. The molecule has 0 unspecified atom stereocenters. The average molecular weight is 758 g/mol. The van der Waals surface area contributed by atoms with Crippen LogP contribution in [0.1, 0.15) is 5.56 Å².